The Hall–Kier alpha value is -2.52. The van der Waals surface area contributed by atoms with Gasteiger partial charge in [0.1, 0.15) is 5.82 Å². The number of nitrogens with one attached hydrogen (secondary N) is 1. The van der Waals surface area contributed by atoms with Crippen molar-refractivity contribution in [2.45, 2.75) is 25.7 Å². The second kappa shape index (κ2) is 7.84. The van der Waals surface area contributed by atoms with Gasteiger partial charge in [-0.3, -0.25) is 9.78 Å². The number of sulfonamides is 1. The van der Waals surface area contributed by atoms with Crippen molar-refractivity contribution in [2.24, 2.45) is 5.41 Å². The van der Waals surface area contributed by atoms with Crippen molar-refractivity contribution in [3.63, 3.8) is 0 Å². The van der Waals surface area contributed by atoms with Crippen LogP contribution in [-0.2, 0) is 14.8 Å². The summed E-state index contributed by atoms with van der Waals surface area (Å²) in [6.45, 7) is 7.32. The average molecular weight is 404 g/mol. The molecule has 1 amide bonds. The normalized spacial score (nSPS) is 16.0. The summed E-state index contributed by atoms with van der Waals surface area (Å²) in [5, 5.41) is 2.80. The zero-order valence-corrected chi connectivity index (χ0v) is 17.1. The lowest BCUT2D eigenvalue weighted by atomic mass is 9.95. The monoisotopic (exact) mass is 403 g/mol. The van der Waals surface area contributed by atoms with E-state index >= 15 is 0 Å². The van der Waals surface area contributed by atoms with Gasteiger partial charge in [-0.05, 0) is 24.3 Å². The van der Waals surface area contributed by atoms with Crippen LogP contribution >= 0.6 is 0 Å². The Bertz CT molecular complexity index is 916. The third-order valence-electron chi connectivity index (χ3n) is 4.54. The number of benzene rings is 1. The van der Waals surface area contributed by atoms with Crippen molar-refractivity contribution in [3.8, 4) is 0 Å². The minimum absolute atomic E-state index is 0.122. The lowest BCUT2D eigenvalue weighted by Gasteiger charge is -2.34. The van der Waals surface area contributed by atoms with E-state index in [2.05, 4.69) is 15.3 Å². The molecule has 150 valence electrons. The van der Waals surface area contributed by atoms with Crippen molar-refractivity contribution in [3.05, 3.63) is 42.9 Å². The van der Waals surface area contributed by atoms with Crippen LogP contribution in [0, 0.1) is 5.41 Å². The fourth-order valence-corrected chi connectivity index (χ4v) is 4.21. The Labute approximate surface area is 165 Å². The average Bonchev–Trinajstić information content (AvgIpc) is 2.68. The summed E-state index contributed by atoms with van der Waals surface area (Å²) in [6, 6.07) is 6.30. The third-order valence-corrected chi connectivity index (χ3v) is 6.46. The van der Waals surface area contributed by atoms with Crippen LogP contribution in [-0.4, -0.2) is 54.8 Å². The van der Waals surface area contributed by atoms with Crippen molar-refractivity contribution in [1.29, 1.82) is 0 Å². The van der Waals surface area contributed by atoms with Gasteiger partial charge in [0.15, 0.2) is 0 Å². The van der Waals surface area contributed by atoms with Gasteiger partial charge < -0.3 is 10.2 Å². The predicted molar refractivity (Wildman–Crippen MR) is 108 cm³/mol. The van der Waals surface area contributed by atoms with Crippen LogP contribution < -0.4 is 10.2 Å². The minimum atomic E-state index is -3.58. The fraction of sp³-hybridized carbons (Fsp3) is 0.421. The van der Waals surface area contributed by atoms with Crippen molar-refractivity contribution < 1.29 is 13.2 Å². The van der Waals surface area contributed by atoms with Crippen LogP contribution in [0.5, 0.6) is 0 Å². The smallest absolute Gasteiger partial charge is 0.243 e. The third kappa shape index (κ3) is 4.48. The molecule has 1 N–H and O–H groups in total. The second-order valence-electron chi connectivity index (χ2n) is 7.68. The first kappa shape index (κ1) is 20.2. The molecule has 0 saturated carbocycles. The van der Waals surface area contributed by atoms with Gasteiger partial charge in [0, 0.05) is 49.7 Å². The largest absolute Gasteiger partial charge is 0.353 e. The second-order valence-corrected chi connectivity index (χ2v) is 9.62. The summed E-state index contributed by atoms with van der Waals surface area (Å²) in [5.74, 6) is 0.627. The van der Waals surface area contributed by atoms with Gasteiger partial charge in [-0.2, -0.15) is 4.31 Å². The molecule has 1 aliphatic heterocycles. The molecule has 0 aliphatic carbocycles. The van der Waals surface area contributed by atoms with E-state index in [1.807, 2.05) is 25.7 Å². The summed E-state index contributed by atoms with van der Waals surface area (Å²) in [4.78, 5) is 22.6. The van der Waals surface area contributed by atoms with E-state index < -0.39 is 15.4 Å². The molecule has 0 atom stereocenters. The van der Waals surface area contributed by atoms with E-state index in [4.69, 9.17) is 0 Å². The number of hydrogen-bond donors (Lipinski definition) is 1. The maximum atomic E-state index is 12.9. The number of carbonyl (C=O) groups excluding carboxylic acids is 1. The fourth-order valence-electron chi connectivity index (χ4n) is 2.79. The topological polar surface area (TPSA) is 95.5 Å². The van der Waals surface area contributed by atoms with Gasteiger partial charge in [-0.25, -0.2) is 13.4 Å². The number of aromatic nitrogens is 2. The Morgan fingerprint density at radius 1 is 1.04 bits per heavy atom. The van der Waals surface area contributed by atoms with Crippen molar-refractivity contribution in [1.82, 2.24) is 14.3 Å². The summed E-state index contributed by atoms with van der Waals surface area (Å²) >= 11 is 0. The highest BCUT2D eigenvalue weighted by molar-refractivity contribution is 7.89. The Morgan fingerprint density at radius 3 is 2.21 bits per heavy atom. The van der Waals surface area contributed by atoms with Crippen LogP contribution in [0.25, 0.3) is 0 Å². The van der Waals surface area contributed by atoms with E-state index in [0.29, 0.717) is 31.9 Å². The van der Waals surface area contributed by atoms with Crippen LogP contribution in [0.4, 0.5) is 11.5 Å². The van der Waals surface area contributed by atoms with E-state index in [1.54, 1.807) is 30.7 Å². The molecule has 9 heteroatoms. The van der Waals surface area contributed by atoms with Gasteiger partial charge in [0.25, 0.3) is 0 Å². The Kier molecular flexibility index (Phi) is 5.66. The van der Waals surface area contributed by atoms with E-state index in [9.17, 15) is 13.2 Å². The van der Waals surface area contributed by atoms with Crippen molar-refractivity contribution in [2.75, 3.05) is 36.4 Å². The molecule has 1 aromatic carbocycles. The van der Waals surface area contributed by atoms with Gasteiger partial charge in [0.2, 0.25) is 15.9 Å². The molecular formula is C19H25N5O3S. The minimum Gasteiger partial charge on any atom is -0.353 e. The van der Waals surface area contributed by atoms with Crippen LogP contribution in [0.15, 0.2) is 47.8 Å². The highest BCUT2D eigenvalue weighted by Crippen LogP contribution is 2.22. The standard InChI is InChI=1S/C19H25N5O3S/c1-19(2,3)18(25)22-15-4-6-16(7-5-15)28(26,27)24-12-10-23(11-13-24)17-14-20-8-9-21-17/h4-9,14H,10-13H2,1-3H3,(H,22,25). The summed E-state index contributed by atoms with van der Waals surface area (Å²) in [6.07, 6.45) is 4.91. The van der Waals surface area contributed by atoms with E-state index in [1.165, 1.54) is 16.4 Å². The zero-order chi connectivity index (χ0) is 20.4. The van der Waals surface area contributed by atoms with E-state index in [-0.39, 0.29) is 10.8 Å². The van der Waals surface area contributed by atoms with Crippen LogP contribution in [0.2, 0.25) is 0 Å². The van der Waals surface area contributed by atoms with Gasteiger partial charge in [0.05, 0.1) is 11.1 Å². The van der Waals surface area contributed by atoms with Gasteiger partial charge in [-0.15, -0.1) is 0 Å². The molecule has 3 rings (SSSR count). The molecule has 28 heavy (non-hydrogen) atoms. The first-order chi connectivity index (χ1) is 13.2. The summed E-state index contributed by atoms with van der Waals surface area (Å²) < 4.78 is 27.3. The molecule has 8 nitrogen and oxygen atoms in total. The van der Waals surface area contributed by atoms with Crippen LogP contribution in [0.3, 0.4) is 0 Å². The number of hydrogen-bond acceptors (Lipinski definition) is 6. The number of carbonyl (C=O) groups is 1. The molecule has 0 spiro atoms. The summed E-state index contributed by atoms with van der Waals surface area (Å²) in [5.41, 5.74) is 0.0550. The first-order valence-electron chi connectivity index (χ1n) is 9.10. The SMILES string of the molecule is CC(C)(C)C(=O)Nc1ccc(S(=O)(=O)N2CCN(c3cnccn3)CC2)cc1. The molecular weight excluding hydrogens is 378 g/mol. The van der Waals surface area contributed by atoms with Crippen molar-refractivity contribution >= 4 is 27.4 Å². The number of piperazine rings is 1. The van der Waals surface area contributed by atoms with Gasteiger partial charge >= 0.3 is 0 Å². The highest BCUT2D eigenvalue weighted by atomic mass is 32.2. The van der Waals surface area contributed by atoms with Crippen LogP contribution in [0.1, 0.15) is 20.8 Å². The maximum Gasteiger partial charge on any atom is 0.243 e. The number of nitrogens with zero attached hydrogens (tertiary/aromatic N) is 4. The lowest BCUT2D eigenvalue weighted by Crippen LogP contribution is -2.48. The summed E-state index contributed by atoms with van der Waals surface area (Å²) in [7, 11) is -3.58. The molecule has 1 aromatic heterocycles. The molecule has 2 heterocycles. The molecule has 0 bridgehead atoms. The Balaban J connectivity index is 1.66. The maximum absolute atomic E-state index is 12.9. The van der Waals surface area contributed by atoms with E-state index in [0.717, 1.165) is 5.82 Å². The lowest BCUT2D eigenvalue weighted by molar-refractivity contribution is -0.123. The molecule has 2 aromatic rings. The molecule has 1 fully saturated rings. The number of rotatable bonds is 4. The number of amides is 1. The first-order valence-corrected chi connectivity index (χ1v) is 10.5. The quantitative estimate of drug-likeness (QED) is 0.839. The zero-order valence-electron chi connectivity index (χ0n) is 16.3. The molecule has 1 saturated heterocycles. The molecule has 0 radical (unpaired) electrons. The number of anilines is 2. The molecule has 0 unspecified atom stereocenters. The Morgan fingerprint density at radius 2 is 1.68 bits per heavy atom. The molecule has 1 aliphatic rings. The van der Waals surface area contributed by atoms with Gasteiger partial charge in [-0.1, -0.05) is 20.8 Å². The highest BCUT2D eigenvalue weighted by Gasteiger charge is 2.29. The predicted octanol–water partition coefficient (Wildman–Crippen LogP) is 1.97.